The van der Waals surface area contributed by atoms with Crippen LogP contribution in [0.5, 0.6) is 0 Å². The molecule has 4 heteroatoms. The number of pyridine rings is 1. The summed E-state index contributed by atoms with van der Waals surface area (Å²) < 4.78 is 0. The molecule has 0 aromatic carbocycles. The number of anilines is 1. The Morgan fingerprint density at radius 1 is 1.38 bits per heavy atom. The van der Waals surface area contributed by atoms with Gasteiger partial charge in [0.15, 0.2) is 6.29 Å². The van der Waals surface area contributed by atoms with Gasteiger partial charge in [0.1, 0.15) is 5.82 Å². The minimum Gasteiger partial charge on any atom is -0.353 e. The first-order valence-electron chi connectivity index (χ1n) is 5.77. The Kier molecular flexibility index (Phi) is 5.50. The Morgan fingerprint density at radius 3 is 2.69 bits per heavy atom. The van der Waals surface area contributed by atoms with E-state index in [1.54, 1.807) is 18.3 Å². The van der Waals surface area contributed by atoms with Gasteiger partial charge in [0.2, 0.25) is 0 Å². The average molecular weight is 221 g/mol. The van der Waals surface area contributed by atoms with Crippen molar-refractivity contribution in [2.75, 3.05) is 31.1 Å². The quantitative estimate of drug-likeness (QED) is 0.765. The van der Waals surface area contributed by atoms with Crippen LogP contribution < -0.4 is 10.2 Å². The maximum Gasteiger partial charge on any atom is 0.153 e. The summed E-state index contributed by atoms with van der Waals surface area (Å²) in [5.41, 5.74) is 0.675. The molecule has 1 fully saturated rings. The van der Waals surface area contributed by atoms with Crippen LogP contribution in [-0.2, 0) is 0 Å². The second kappa shape index (κ2) is 6.95. The smallest absolute Gasteiger partial charge is 0.153 e. The van der Waals surface area contributed by atoms with E-state index in [1.807, 2.05) is 13.8 Å². The van der Waals surface area contributed by atoms with Gasteiger partial charge in [0.05, 0.1) is 5.56 Å². The van der Waals surface area contributed by atoms with Crippen LogP contribution in [0.15, 0.2) is 18.3 Å². The highest BCUT2D eigenvalue weighted by atomic mass is 16.1. The van der Waals surface area contributed by atoms with E-state index in [0.29, 0.717) is 5.56 Å². The van der Waals surface area contributed by atoms with E-state index in [1.165, 1.54) is 0 Å². The standard InChI is InChI=1S/C10H13N3O.C2H6/c14-8-9-2-1-3-12-10(9)13-6-4-11-5-7-13;1-2/h1-3,8,11H,4-7H2;1-2H3. The normalized spacial score (nSPS) is 15.0. The molecular formula is C12H19N3O. The first-order valence-corrected chi connectivity index (χ1v) is 5.77. The SMILES string of the molecule is CC.O=Cc1cccnc1N1CCNCC1. The van der Waals surface area contributed by atoms with E-state index in [9.17, 15) is 4.79 Å². The Morgan fingerprint density at radius 2 is 2.06 bits per heavy atom. The van der Waals surface area contributed by atoms with Gasteiger partial charge in [-0.05, 0) is 12.1 Å². The van der Waals surface area contributed by atoms with E-state index in [4.69, 9.17) is 0 Å². The van der Waals surface area contributed by atoms with Gasteiger partial charge in [-0.15, -0.1) is 0 Å². The molecule has 1 aromatic heterocycles. The molecule has 1 aliphatic heterocycles. The summed E-state index contributed by atoms with van der Waals surface area (Å²) in [5.74, 6) is 0.809. The number of nitrogens with one attached hydrogen (secondary N) is 1. The van der Waals surface area contributed by atoms with Crippen molar-refractivity contribution in [3.8, 4) is 0 Å². The summed E-state index contributed by atoms with van der Waals surface area (Å²) in [4.78, 5) is 17.2. The molecular weight excluding hydrogens is 202 g/mol. The van der Waals surface area contributed by atoms with E-state index in [-0.39, 0.29) is 0 Å². The lowest BCUT2D eigenvalue weighted by atomic mass is 10.2. The summed E-state index contributed by atoms with van der Waals surface area (Å²) in [6, 6.07) is 3.59. The third-order valence-electron chi connectivity index (χ3n) is 2.36. The second-order valence-corrected chi connectivity index (χ2v) is 3.27. The van der Waals surface area contributed by atoms with Crippen molar-refractivity contribution < 1.29 is 4.79 Å². The highest BCUT2D eigenvalue weighted by Crippen LogP contribution is 2.15. The van der Waals surface area contributed by atoms with Crippen LogP contribution in [0.25, 0.3) is 0 Å². The molecule has 0 bridgehead atoms. The molecule has 1 saturated heterocycles. The van der Waals surface area contributed by atoms with E-state index in [0.717, 1.165) is 38.3 Å². The highest BCUT2D eigenvalue weighted by molar-refractivity contribution is 5.82. The molecule has 88 valence electrons. The molecule has 4 nitrogen and oxygen atoms in total. The largest absolute Gasteiger partial charge is 0.353 e. The van der Waals surface area contributed by atoms with Crippen molar-refractivity contribution >= 4 is 12.1 Å². The highest BCUT2D eigenvalue weighted by Gasteiger charge is 2.14. The third-order valence-corrected chi connectivity index (χ3v) is 2.36. The monoisotopic (exact) mass is 221 g/mol. The van der Waals surface area contributed by atoms with Crippen molar-refractivity contribution in [1.82, 2.24) is 10.3 Å². The predicted octanol–water partition coefficient (Wildman–Crippen LogP) is 1.33. The van der Waals surface area contributed by atoms with Crippen LogP contribution in [-0.4, -0.2) is 37.4 Å². The third kappa shape index (κ3) is 3.03. The lowest BCUT2D eigenvalue weighted by Crippen LogP contribution is -2.44. The molecule has 0 amide bonds. The topological polar surface area (TPSA) is 45.2 Å². The Balaban J connectivity index is 0.000000606. The van der Waals surface area contributed by atoms with Crippen molar-refractivity contribution in [3.05, 3.63) is 23.9 Å². The zero-order valence-corrected chi connectivity index (χ0v) is 9.94. The number of aromatic nitrogens is 1. The number of aldehydes is 1. The number of rotatable bonds is 2. The predicted molar refractivity (Wildman–Crippen MR) is 66.1 cm³/mol. The first-order chi connectivity index (χ1) is 7.92. The van der Waals surface area contributed by atoms with Gasteiger partial charge < -0.3 is 10.2 Å². The van der Waals surface area contributed by atoms with Crippen molar-refractivity contribution in [1.29, 1.82) is 0 Å². The van der Waals surface area contributed by atoms with Gasteiger partial charge >= 0.3 is 0 Å². The molecule has 0 spiro atoms. The fourth-order valence-electron chi connectivity index (χ4n) is 1.64. The van der Waals surface area contributed by atoms with Gasteiger partial charge in [0, 0.05) is 32.4 Å². The second-order valence-electron chi connectivity index (χ2n) is 3.27. The molecule has 0 radical (unpaired) electrons. The van der Waals surface area contributed by atoms with Crippen molar-refractivity contribution in [2.24, 2.45) is 0 Å². The van der Waals surface area contributed by atoms with Gasteiger partial charge in [-0.25, -0.2) is 4.98 Å². The van der Waals surface area contributed by atoms with Gasteiger partial charge in [0.25, 0.3) is 0 Å². The summed E-state index contributed by atoms with van der Waals surface area (Å²) in [6.45, 7) is 7.74. The lowest BCUT2D eigenvalue weighted by molar-refractivity contribution is 0.112. The fourth-order valence-corrected chi connectivity index (χ4v) is 1.64. The van der Waals surface area contributed by atoms with Crippen molar-refractivity contribution in [3.63, 3.8) is 0 Å². The summed E-state index contributed by atoms with van der Waals surface area (Å²) in [7, 11) is 0. The molecule has 2 rings (SSSR count). The zero-order chi connectivity index (χ0) is 11.8. The maximum absolute atomic E-state index is 10.8. The molecule has 0 saturated carbocycles. The Bertz CT molecular complexity index is 322. The number of hydrogen-bond donors (Lipinski definition) is 1. The van der Waals surface area contributed by atoms with Crippen molar-refractivity contribution in [2.45, 2.75) is 13.8 Å². The molecule has 0 aliphatic carbocycles. The van der Waals surface area contributed by atoms with E-state index >= 15 is 0 Å². The number of carbonyl (C=O) groups is 1. The fraction of sp³-hybridized carbons (Fsp3) is 0.500. The average Bonchev–Trinajstić information content (AvgIpc) is 2.42. The van der Waals surface area contributed by atoms with Crippen LogP contribution in [0, 0.1) is 0 Å². The Hall–Kier alpha value is -1.42. The zero-order valence-electron chi connectivity index (χ0n) is 9.94. The summed E-state index contributed by atoms with van der Waals surface area (Å²) in [6.07, 6.45) is 2.59. The number of hydrogen-bond acceptors (Lipinski definition) is 4. The summed E-state index contributed by atoms with van der Waals surface area (Å²) >= 11 is 0. The van der Waals surface area contributed by atoms with Crippen LogP contribution in [0.4, 0.5) is 5.82 Å². The number of carbonyl (C=O) groups excluding carboxylic acids is 1. The number of nitrogens with zero attached hydrogens (tertiary/aromatic N) is 2. The minimum atomic E-state index is 0.675. The van der Waals surface area contributed by atoms with Crippen LogP contribution in [0.3, 0.4) is 0 Å². The molecule has 0 atom stereocenters. The molecule has 2 heterocycles. The Labute approximate surface area is 96.7 Å². The van der Waals surface area contributed by atoms with Gasteiger partial charge in [-0.3, -0.25) is 4.79 Å². The van der Waals surface area contributed by atoms with Gasteiger partial charge in [-0.2, -0.15) is 0 Å². The molecule has 1 N–H and O–H groups in total. The molecule has 0 unspecified atom stereocenters. The van der Waals surface area contributed by atoms with Crippen LogP contribution in [0.1, 0.15) is 24.2 Å². The molecule has 16 heavy (non-hydrogen) atoms. The minimum absolute atomic E-state index is 0.675. The summed E-state index contributed by atoms with van der Waals surface area (Å²) in [5, 5.41) is 3.26. The van der Waals surface area contributed by atoms with Gasteiger partial charge in [-0.1, -0.05) is 13.8 Å². The maximum atomic E-state index is 10.8. The molecule has 1 aliphatic rings. The van der Waals surface area contributed by atoms with E-state index in [2.05, 4.69) is 15.2 Å². The first kappa shape index (κ1) is 12.6. The van der Waals surface area contributed by atoms with E-state index < -0.39 is 0 Å². The molecule has 1 aromatic rings. The lowest BCUT2D eigenvalue weighted by Gasteiger charge is -2.29. The van der Waals surface area contributed by atoms with Crippen LogP contribution >= 0.6 is 0 Å². The van der Waals surface area contributed by atoms with Crippen LogP contribution in [0.2, 0.25) is 0 Å². The number of piperazine rings is 1.